The Bertz CT molecular complexity index is 1770. The van der Waals surface area contributed by atoms with Gasteiger partial charge in [0, 0.05) is 40.4 Å². The Balaban J connectivity index is 1.41. The fourth-order valence-electron chi connectivity index (χ4n) is 4.37. The van der Waals surface area contributed by atoms with E-state index in [4.69, 9.17) is 11.6 Å². The van der Waals surface area contributed by atoms with Gasteiger partial charge >= 0.3 is 0 Å². The summed E-state index contributed by atoms with van der Waals surface area (Å²) in [6.45, 7) is 2.26. The zero-order valence-corrected chi connectivity index (χ0v) is 19.1. The van der Waals surface area contributed by atoms with E-state index >= 15 is 0 Å². The third kappa shape index (κ3) is 3.21. The van der Waals surface area contributed by atoms with Crippen LogP contribution in [0.5, 0.6) is 0 Å². The van der Waals surface area contributed by atoms with Crippen molar-refractivity contribution in [3.05, 3.63) is 91.7 Å². The summed E-state index contributed by atoms with van der Waals surface area (Å²) in [5, 5.41) is 5.82. The molecule has 4 heterocycles. The van der Waals surface area contributed by atoms with Crippen LogP contribution in [-0.2, 0) is 13.0 Å². The lowest BCUT2D eigenvalue weighted by Gasteiger charge is -2.10. The van der Waals surface area contributed by atoms with Crippen molar-refractivity contribution in [3.8, 4) is 5.13 Å². The third-order valence-corrected chi connectivity index (χ3v) is 7.28. The molecule has 9 heteroatoms. The number of para-hydroxylation sites is 1. The van der Waals surface area contributed by atoms with Crippen LogP contribution in [0.4, 0.5) is 0 Å². The number of rotatable bonds is 4. The first kappa shape index (κ1) is 20.0. The summed E-state index contributed by atoms with van der Waals surface area (Å²) in [4.78, 5) is 34.0. The van der Waals surface area contributed by atoms with Crippen molar-refractivity contribution in [3.63, 3.8) is 0 Å². The normalized spacial score (nSPS) is 11.8. The summed E-state index contributed by atoms with van der Waals surface area (Å²) in [5.74, 6) is 0. The predicted molar refractivity (Wildman–Crippen MR) is 133 cm³/mol. The molecule has 7 nitrogen and oxygen atoms in total. The van der Waals surface area contributed by atoms with E-state index in [2.05, 4.69) is 15.1 Å². The van der Waals surface area contributed by atoms with Crippen molar-refractivity contribution >= 4 is 55.0 Å². The van der Waals surface area contributed by atoms with E-state index in [1.165, 1.54) is 22.1 Å². The van der Waals surface area contributed by atoms with E-state index in [0.29, 0.717) is 39.7 Å². The standard InChI is InChI=1S/C24H18ClN5O2S/c1-13-22-19(28-30(23(22)32)24-27-18-4-2-3-5-20(18)33-24)11-21(31)29(13)9-8-14-12-26-17-7-6-15(25)10-16(14)17/h2-7,10-12,26,28H,8-9H2,1H3. The molecule has 0 aliphatic carbocycles. The quantitative estimate of drug-likeness (QED) is 0.384. The molecule has 0 amide bonds. The van der Waals surface area contributed by atoms with E-state index in [1.54, 1.807) is 4.57 Å². The lowest BCUT2D eigenvalue weighted by molar-refractivity contribution is 0.656. The monoisotopic (exact) mass is 475 g/mol. The number of H-pyrrole nitrogens is 2. The van der Waals surface area contributed by atoms with Gasteiger partial charge in [-0.3, -0.25) is 14.7 Å². The van der Waals surface area contributed by atoms with Crippen molar-refractivity contribution < 1.29 is 0 Å². The molecule has 0 unspecified atom stereocenters. The summed E-state index contributed by atoms with van der Waals surface area (Å²) in [6, 6.07) is 14.9. The SMILES string of the molecule is Cc1c2c(=O)n(-c3nc4ccccc4s3)[nH]c2cc(=O)n1CCc1c[nH]c2ccc(Cl)cc12. The van der Waals surface area contributed by atoms with E-state index in [0.717, 1.165) is 26.7 Å². The average molecular weight is 476 g/mol. The van der Waals surface area contributed by atoms with Crippen LogP contribution in [0.2, 0.25) is 5.02 Å². The number of thiazole rings is 1. The number of pyridine rings is 1. The number of aromatic amines is 2. The van der Waals surface area contributed by atoms with Gasteiger partial charge in [-0.05, 0) is 49.2 Å². The number of halogens is 1. The molecule has 0 saturated heterocycles. The number of aryl methyl sites for hydroxylation is 2. The highest BCUT2D eigenvalue weighted by Gasteiger charge is 2.17. The van der Waals surface area contributed by atoms with Gasteiger partial charge in [-0.15, -0.1) is 0 Å². The van der Waals surface area contributed by atoms with Gasteiger partial charge in [-0.1, -0.05) is 35.1 Å². The Kier molecular flexibility index (Phi) is 4.53. The molecule has 6 rings (SSSR count). The number of aromatic nitrogens is 5. The summed E-state index contributed by atoms with van der Waals surface area (Å²) in [7, 11) is 0. The maximum atomic E-state index is 13.3. The van der Waals surface area contributed by atoms with Crippen LogP contribution in [0.25, 0.3) is 37.2 Å². The third-order valence-electron chi connectivity index (χ3n) is 6.03. The van der Waals surface area contributed by atoms with E-state index in [1.807, 2.05) is 55.6 Å². The number of nitrogens with zero attached hydrogens (tertiary/aromatic N) is 3. The van der Waals surface area contributed by atoms with Crippen molar-refractivity contribution in [2.45, 2.75) is 19.9 Å². The van der Waals surface area contributed by atoms with Crippen LogP contribution in [-0.4, -0.2) is 24.3 Å². The molecule has 0 aliphatic heterocycles. The molecule has 6 aromatic rings. The van der Waals surface area contributed by atoms with Crippen molar-refractivity contribution in [2.24, 2.45) is 0 Å². The second-order valence-corrected chi connectivity index (χ2v) is 9.42. The molecular formula is C24H18ClN5O2S. The van der Waals surface area contributed by atoms with Crippen LogP contribution in [0.1, 0.15) is 11.3 Å². The Labute approximate surface area is 195 Å². The lowest BCUT2D eigenvalue weighted by atomic mass is 10.1. The molecule has 4 aromatic heterocycles. The highest BCUT2D eigenvalue weighted by molar-refractivity contribution is 7.20. The van der Waals surface area contributed by atoms with Gasteiger partial charge in [0.15, 0.2) is 0 Å². The van der Waals surface area contributed by atoms with E-state index in [9.17, 15) is 9.59 Å². The molecule has 33 heavy (non-hydrogen) atoms. The number of hydrogen-bond acceptors (Lipinski definition) is 4. The number of benzene rings is 2. The molecule has 0 atom stereocenters. The van der Waals surface area contributed by atoms with Gasteiger partial charge in [-0.25, -0.2) is 4.98 Å². The number of fused-ring (bicyclic) bond motifs is 3. The van der Waals surface area contributed by atoms with Gasteiger partial charge < -0.3 is 9.55 Å². The van der Waals surface area contributed by atoms with Crippen molar-refractivity contribution in [1.82, 2.24) is 24.3 Å². The van der Waals surface area contributed by atoms with Crippen LogP contribution in [0.15, 0.2) is 64.3 Å². The molecule has 164 valence electrons. The second kappa shape index (κ2) is 7.47. The Hall–Kier alpha value is -3.62. The van der Waals surface area contributed by atoms with Crippen molar-refractivity contribution in [2.75, 3.05) is 0 Å². The zero-order chi connectivity index (χ0) is 22.7. The fraction of sp³-hybridized carbons (Fsp3) is 0.125. The highest BCUT2D eigenvalue weighted by atomic mass is 35.5. The molecule has 0 fully saturated rings. The van der Waals surface area contributed by atoms with E-state index in [-0.39, 0.29) is 11.1 Å². The van der Waals surface area contributed by atoms with Crippen LogP contribution in [0.3, 0.4) is 0 Å². The molecular weight excluding hydrogens is 458 g/mol. The maximum Gasteiger partial charge on any atom is 0.282 e. The Morgan fingerprint density at radius 1 is 1.09 bits per heavy atom. The fourth-order valence-corrected chi connectivity index (χ4v) is 5.47. The van der Waals surface area contributed by atoms with Gasteiger partial charge in [0.1, 0.15) is 0 Å². The van der Waals surface area contributed by atoms with Crippen LogP contribution < -0.4 is 11.1 Å². The summed E-state index contributed by atoms with van der Waals surface area (Å²) in [5.41, 5.74) is 3.68. The van der Waals surface area contributed by atoms with Crippen LogP contribution in [0, 0.1) is 6.92 Å². The maximum absolute atomic E-state index is 13.3. The minimum absolute atomic E-state index is 0.157. The number of nitrogens with one attached hydrogen (secondary N) is 2. The molecule has 0 saturated carbocycles. The Morgan fingerprint density at radius 2 is 1.94 bits per heavy atom. The average Bonchev–Trinajstić information content (AvgIpc) is 3.48. The van der Waals surface area contributed by atoms with Gasteiger partial charge in [0.2, 0.25) is 5.13 Å². The second-order valence-electron chi connectivity index (χ2n) is 7.98. The number of hydrogen-bond donors (Lipinski definition) is 2. The largest absolute Gasteiger partial charge is 0.361 e. The van der Waals surface area contributed by atoms with Gasteiger partial charge in [0.25, 0.3) is 11.1 Å². The Morgan fingerprint density at radius 3 is 2.79 bits per heavy atom. The molecule has 0 bridgehead atoms. The minimum atomic E-state index is -0.214. The topological polar surface area (TPSA) is 88.5 Å². The molecule has 2 aromatic carbocycles. The minimum Gasteiger partial charge on any atom is -0.361 e. The predicted octanol–water partition coefficient (Wildman–Crippen LogP) is 4.78. The summed E-state index contributed by atoms with van der Waals surface area (Å²) < 4.78 is 4.07. The lowest BCUT2D eigenvalue weighted by Crippen LogP contribution is -2.24. The zero-order valence-electron chi connectivity index (χ0n) is 17.6. The van der Waals surface area contributed by atoms with Crippen LogP contribution >= 0.6 is 22.9 Å². The first-order chi connectivity index (χ1) is 16.0. The first-order valence-electron chi connectivity index (χ1n) is 10.5. The van der Waals surface area contributed by atoms with E-state index < -0.39 is 0 Å². The van der Waals surface area contributed by atoms with Gasteiger partial charge in [0.05, 0.1) is 21.1 Å². The smallest absolute Gasteiger partial charge is 0.282 e. The molecule has 2 N–H and O–H groups in total. The highest BCUT2D eigenvalue weighted by Crippen LogP contribution is 2.25. The first-order valence-corrected chi connectivity index (χ1v) is 11.7. The molecule has 0 aliphatic rings. The molecule has 0 spiro atoms. The molecule has 0 radical (unpaired) electrons. The summed E-state index contributed by atoms with van der Waals surface area (Å²) in [6.07, 6.45) is 2.57. The summed E-state index contributed by atoms with van der Waals surface area (Å²) >= 11 is 7.59. The van der Waals surface area contributed by atoms with Gasteiger partial charge in [-0.2, -0.15) is 4.68 Å². The van der Waals surface area contributed by atoms with Crippen molar-refractivity contribution in [1.29, 1.82) is 0 Å².